The lowest BCUT2D eigenvalue weighted by Gasteiger charge is -2.37. The smallest absolute Gasteiger partial charge is 0.191 e. The van der Waals surface area contributed by atoms with Gasteiger partial charge in [-0.1, -0.05) is 17.7 Å². The van der Waals surface area contributed by atoms with Crippen LogP contribution in [-0.2, 0) is 16.6 Å². The van der Waals surface area contributed by atoms with E-state index in [1.807, 2.05) is 6.20 Å². The van der Waals surface area contributed by atoms with Gasteiger partial charge >= 0.3 is 0 Å². The molecular formula is C23H35IN4O2S. The molecule has 1 aromatic carbocycles. The van der Waals surface area contributed by atoms with Gasteiger partial charge in [0.25, 0.3) is 0 Å². The van der Waals surface area contributed by atoms with Gasteiger partial charge in [0, 0.05) is 54.8 Å². The van der Waals surface area contributed by atoms with Crippen molar-refractivity contribution in [3.63, 3.8) is 0 Å². The molecule has 172 valence electrons. The van der Waals surface area contributed by atoms with Gasteiger partial charge in [-0.05, 0) is 39.7 Å². The fraction of sp³-hybridized carbons (Fsp3) is 0.565. The van der Waals surface area contributed by atoms with Crippen molar-refractivity contribution in [3.8, 4) is 5.75 Å². The number of methoxy groups -OCH3 is 1. The highest BCUT2D eigenvalue weighted by Crippen LogP contribution is 2.40. The monoisotopic (exact) mass is 558 g/mol. The first-order valence-corrected chi connectivity index (χ1v) is 11.5. The van der Waals surface area contributed by atoms with E-state index in [0.717, 1.165) is 62.3 Å². The van der Waals surface area contributed by atoms with Crippen molar-refractivity contribution in [2.75, 3.05) is 40.0 Å². The van der Waals surface area contributed by atoms with Gasteiger partial charge in [0.15, 0.2) is 5.96 Å². The molecule has 1 aromatic heterocycles. The Bertz CT molecular complexity index is 850. The number of hydrogen-bond donors (Lipinski definition) is 2. The van der Waals surface area contributed by atoms with E-state index < -0.39 is 0 Å². The average Bonchev–Trinajstić information content (AvgIpc) is 3.17. The van der Waals surface area contributed by atoms with E-state index in [1.165, 1.54) is 16.0 Å². The Morgan fingerprint density at radius 1 is 1.26 bits per heavy atom. The second-order valence-electron chi connectivity index (χ2n) is 7.83. The van der Waals surface area contributed by atoms with Crippen molar-refractivity contribution in [2.45, 2.75) is 45.4 Å². The molecule has 1 aliphatic rings. The number of guanidine groups is 1. The summed E-state index contributed by atoms with van der Waals surface area (Å²) in [6.07, 6.45) is 4.71. The summed E-state index contributed by atoms with van der Waals surface area (Å²) in [5, 5.41) is 8.01. The lowest BCUT2D eigenvalue weighted by Crippen LogP contribution is -2.42. The van der Waals surface area contributed by atoms with E-state index in [-0.39, 0.29) is 29.4 Å². The van der Waals surface area contributed by atoms with Gasteiger partial charge in [-0.3, -0.25) is 4.99 Å². The number of aromatic nitrogens is 1. The SMILES string of the molecule is CCNC(=NCC1(c2cc(C)ccc2OC)CCOCC1)NCCc1ncc(C)s1.I. The summed E-state index contributed by atoms with van der Waals surface area (Å²) < 4.78 is 11.4. The summed E-state index contributed by atoms with van der Waals surface area (Å²) in [4.78, 5) is 10.7. The second-order valence-corrected chi connectivity index (χ2v) is 9.15. The van der Waals surface area contributed by atoms with Gasteiger partial charge in [-0.2, -0.15) is 0 Å². The number of nitrogens with one attached hydrogen (secondary N) is 2. The summed E-state index contributed by atoms with van der Waals surface area (Å²) in [7, 11) is 1.75. The fourth-order valence-electron chi connectivity index (χ4n) is 3.89. The predicted molar refractivity (Wildman–Crippen MR) is 139 cm³/mol. The molecule has 1 fully saturated rings. The lowest BCUT2D eigenvalue weighted by molar-refractivity contribution is 0.0522. The molecule has 0 aliphatic carbocycles. The van der Waals surface area contributed by atoms with Crippen LogP contribution in [0.2, 0.25) is 0 Å². The van der Waals surface area contributed by atoms with E-state index >= 15 is 0 Å². The number of aliphatic imine (C=N–C) groups is 1. The largest absolute Gasteiger partial charge is 0.496 e. The molecule has 2 aromatic rings. The molecule has 0 saturated carbocycles. The van der Waals surface area contributed by atoms with E-state index in [1.54, 1.807) is 18.4 Å². The van der Waals surface area contributed by atoms with Crippen LogP contribution < -0.4 is 15.4 Å². The van der Waals surface area contributed by atoms with Crippen molar-refractivity contribution in [1.29, 1.82) is 0 Å². The Morgan fingerprint density at radius 2 is 2.03 bits per heavy atom. The van der Waals surface area contributed by atoms with Crippen LogP contribution in [0.4, 0.5) is 0 Å². The standard InChI is InChI=1S/C23H34N4O2S.HI/c1-5-24-22(25-11-8-21-26-15-18(3)30-21)27-16-23(9-12-29-13-10-23)19-14-17(2)6-7-20(19)28-4;/h6-7,14-15H,5,8-13,16H2,1-4H3,(H2,24,25,27);1H. The molecule has 0 spiro atoms. The Balaban J connectivity index is 0.00000341. The minimum Gasteiger partial charge on any atom is -0.496 e. The number of ether oxygens (including phenoxy) is 2. The second kappa shape index (κ2) is 12.6. The van der Waals surface area contributed by atoms with Crippen molar-refractivity contribution in [1.82, 2.24) is 15.6 Å². The molecule has 0 radical (unpaired) electrons. The normalized spacial score (nSPS) is 15.8. The summed E-state index contributed by atoms with van der Waals surface area (Å²) in [6.45, 7) is 10.1. The highest BCUT2D eigenvalue weighted by molar-refractivity contribution is 14.0. The number of aryl methyl sites for hydroxylation is 2. The summed E-state index contributed by atoms with van der Waals surface area (Å²) in [5.74, 6) is 1.79. The predicted octanol–water partition coefficient (Wildman–Crippen LogP) is 4.23. The zero-order valence-electron chi connectivity index (χ0n) is 19.0. The van der Waals surface area contributed by atoms with Gasteiger partial charge in [-0.25, -0.2) is 4.98 Å². The zero-order chi connectivity index (χ0) is 21.4. The van der Waals surface area contributed by atoms with E-state index in [4.69, 9.17) is 14.5 Å². The molecule has 0 bridgehead atoms. The number of hydrogen-bond acceptors (Lipinski definition) is 5. The first-order valence-electron chi connectivity index (χ1n) is 10.7. The van der Waals surface area contributed by atoms with Gasteiger partial charge in [0.1, 0.15) is 5.75 Å². The Labute approximate surface area is 207 Å². The topological polar surface area (TPSA) is 67.8 Å². The molecule has 31 heavy (non-hydrogen) atoms. The highest BCUT2D eigenvalue weighted by atomic mass is 127. The van der Waals surface area contributed by atoms with Crippen LogP contribution in [-0.4, -0.2) is 50.9 Å². The lowest BCUT2D eigenvalue weighted by atomic mass is 9.73. The van der Waals surface area contributed by atoms with Crippen LogP contribution >= 0.6 is 35.3 Å². The van der Waals surface area contributed by atoms with Gasteiger partial charge < -0.3 is 20.1 Å². The minimum absolute atomic E-state index is 0. The van der Waals surface area contributed by atoms with Crippen LogP contribution in [0.5, 0.6) is 5.75 Å². The van der Waals surface area contributed by atoms with Crippen molar-refractivity contribution >= 4 is 41.3 Å². The van der Waals surface area contributed by atoms with Gasteiger partial charge in [-0.15, -0.1) is 35.3 Å². The molecule has 0 atom stereocenters. The van der Waals surface area contributed by atoms with Crippen LogP contribution in [0.15, 0.2) is 29.4 Å². The number of rotatable bonds is 8. The molecule has 8 heteroatoms. The minimum atomic E-state index is -0.0790. The van der Waals surface area contributed by atoms with Crippen molar-refractivity contribution < 1.29 is 9.47 Å². The van der Waals surface area contributed by atoms with Crippen molar-refractivity contribution in [2.24, 2.45) is 4.99 Å². The first-order chi connectivity index (χ1) is 14.6. The molecule has 0 unspecified atom stereocenters. The van der Waals surface area contributed by atoms with Crippen LogP contribution in [0, 0.1) is 13.8 Å². The van der Waals surface area contributed by atoms with E-state index in [9.17, 15) is 0 Å². The summed E-state index contributed by atoms with van der Waals surface area (Å²) in [6, 6.07) is 6.43. The fourth-order valence-corrected chi connectivity index (χ4v) is 4.67. The quantitative estimate of drug-likeness (QED) is 0.289. The first kappa shape index (κ1) is 25.9. The number of thiazole rings is 1. The Morgan fingerprint density at radius 3 is 2.68 bits per heavy atom. The Hall–Kier alpha value is -1.39. The molecule has 3 rings (SSSR count). The van der Waals surface area contributed by atoms with Crippen LogP contribution in [0.25, 0.3) is 0 Å². The zero-order valence-corrected chi connectivity index (χ0v) is 22.1. The third kappa shape index (κ3) is 7.05. The molecule has 1 saturated heterocycles. The molecule has 2 heterocycles. The number of benzene rings is 1. The third-order valence-electron chi connectivity index (χ3n) is 5.56. The summed E-state index contributed by atoms with van der Waals surface area (Å²) >= 11 is 1.75. The molecule has 6 nitrogen and oxygen atoms in total. The molecule has 1 aliphatic heterocycles. The van der Waals surface area contributed by atoms with Crippen LogP contribution in [0.1, 0.15) is 40.8 Å². The number of nitrogens with zero attached hydrogens (tertiary/aromatic N) is 2. The maximum atomic E-state index is 5.72. The summed E-state index contributed by atoms with van der Waals surface area (Å²) in [5.41, 5.74) is 2.40. The maximum absolute atomic E-state index is 5.72. The maximum Gasteiger partial charge on any atom is 0.191 e. The molecule has 2 N–H and O–H groups in total. The van der Waals surface area contributed by atoms with E-state index in [2.05, 4.69) is 54.6 Å². The van der Waals surface area contributed by atoms with E-state index in [0.29, 0.717) is 6.54 Å². The van der Waals surface area contributed by atoms with Gasteiger partial charge in [0.05, 0.1) is 18.7 Å². The molecule has 0 amide bonds. The number of halogens is 1. The molecular weight excluding hydrogens is 523 g/mol. The Kier molecular flexibility index (Phi) is 10.5. The average molecular weight is 559 g/mol. The van der Waals surface area contributed by atoms with Crippen LogP contribution in [0.3, 0.4) is 0 Å². The van der Waals surface area contributed by atoms with Crippen molar-refractivity contribution in [3.05, 3.63) is 45.4 Å². The van der Waals surface area contributed by atoms with Gasteiger partial charge in [0.2, 0.25) is 0 Å². The third-order valence-corrected chi connectivity index (χ3v) is 6.53. The highest BCUT2D eigenvalue weighted by Gasteiger charge is 2.37.